The molecule has 6 heteroatoms. The standard InChI is InChI=1S/C61H106O6/c1-4-7-10-13-16-19-22-25-28-29-30-31-34-36-39-42-45-48-51-54-60(63)66-57-58(67-61(64)55-52-49-46-43-40-37-33-27-24-21-18-15-12-9-6-3)56-65-59(62)53-50-47-44-41-38-35-32-26-23-20-17-14-11-8-5-2/h7,10,16,19-20,23,25,28,30-31,36,39,58H,4-6,8-9,11-15,17-18,21-22,24,26-27,29,32-35,37-38,40-57H2,1-3H3/b10-7-,19-16-,23-20-,28-25-,31-30-,39-36-/t58-/m0/s1. The molecular weight excluding hydrogens is 829 g/mol. The maximum absolute atomic E-state index is 12.8. The van der Waals surface area contributed by atoms with E-state index in [-0.39, 0.29) is 31.1 Å². The van der Waals surface area contributed by atoms with E-state index in [1.807, 2.05) is 0 Å². The topological polar surface area (TPSA) is 78.9 Å². The highest BCUT2D eigenvalue weighted by molar-refractivity contribution is 5.71. The van der Waals surface area contributed by atoms with Gasteiger partial charge in [0.2, 0.25) is 0 Å². The summed E-state index contributed by atoms with van der Waals surface area (Å²) < 4.78 is 16.8. The van der Waals surface area contributed by atoms with Crippen molar-refractivity contribution in [1.29, 1.82) is 0 Å². The maximum atomic E-state index is 12.8. The van der Waals surface area contributed by atoms with Gasteiger partial charge in [0.1, 0.15) is 13.2 Å². The molecule has 0 aliphatic heterocycles. The van der Waals surface area contributed by atoms with Crippen LogP contribution in [0.25, 0.3) is 0 Å². The van der Waals surface area contributed by atoms with E-state index in [1.54, 1.807) is 0 Å². The van der Waals surface area contributed by atoms with Gasteiger partial charge in [-0.15, -0.1) is 0 Å². The number of allylic oxidation sites excluding steroid dienone is 12. The Morgan fingerprint density at radius 3 is 0.955 bits per heavy atom. The molecule has 0 aromatic carbocycles. The second-order valence-electron chi connectivity index (χ2n) is 18.8. The first-order valence-corrected chi connectivity index (χ1v) is 28.4. The number of carbonyl (C=O) groups is 3. The molecule has 386 valence electrons. The zero-order valence-electron chi connectivity index (χ0n) is 44.2. The molecule has 67 heavy (non-hydrogen) atoms. The minimum atomic E-state index is -0.789. The predicted molar refractivity (Wildman–Crippen MR) is 288 cm³/mol. The molecule has 6 nitrogen and oxygen atoms in total. The fraction of sp³-hybridized carbons (Fsp3) is 0.754. The van der Waals surface area contributed by atoms with Gasteiger partial charge in [-0.25, -0.2) is 0 Å². The van der Waals surface area contributed by atoms with Crippen LogP contribution in [0, 0.1) is 0 Å². The zero-order valence-corrected chi connectivity index (χ0v) is 44.2. The smallest absolute Gasteiger partial charge is 0.306 e. The molecule has 0 unspecified atom stereocenters. The summed E-state index contributed by atoms with van der Waals surface area (Å²) in [5, 5.41) is 0. The molecule has 0 aliphatic rings. The fourth-order valence-electron chi connectivity index (χ4n) is 7.93. The Labute approximate surface area is 414 Å². The molecule has 0 radical (unpaired) electrons. The highest BCUT2D eigenvalue weighted by Crippen LogP contribution is 2.16. The van der Waals surface area contributed by atoms with Crippen LogP contribution in [0.1, 0.15) is 278 Å². The molecule has 0 aromatic heterocycles. The van der Waals surface area contributed by atoms with Crippen LogP contribution in [0.4, 0.5) is 0 Å². The Hall–Kier alpha value is -3.15. The molecule has 0 fully saturated rings. The number of ether oxygens (including phenoxy) is 3. The van der Waals surface area contributed by atoms with Crippen LogP contribution in [0.5, 0.6) is 0 Å². The van der Waals surface area contributed by atoms with Crippen molar-refractivity contribution in [2.45, 2.75) is 284 Å². The lowest BCUT2D eigenvalue weighted by molar-refractivity contribution is -0.167. The summed E-state index contributed by atoms with van der Waals surface area (Å²) in [6.45, 7) is 6.50. The van der Waals surface area contributed by atoms with Gasteiger partial charge in [0, 0.05) is 19.3 Å². The molecule has 0 aromatic rings. The number of esters is 3. The quantitative estimate of drug-likeness (QED) is 0.0262. The number of unbranched alkanes of at least 4 members (excludes halogenated alkanes) is 28. The second-order valence-corrected chi connectivity index (χ2v) is 18.8. The van der Waals surface area contributed by atoms with Crippen molar-refractivity contribution in [2.24, 2.45) is 0 Å². The molecule has 0 rings (SSSR count). The highest BCUT2D eigenvalue weighted by Gasteiger charge is 2.19. The Morgan fingerprint density at radius 2 is 0.582 bits per heavy atom. The van der Waals surface area contributed by atoms with Crippen molar-refractivity contribution in [3.63, 3.8) is 0 Å². The molecule has 0 saturated heterocycles. The molecule has 0 aliphatic carbocycles. The molecule has 0 amide bonds. The lowest BCUT2D eigenvalue weighted by atomic mass is 10.0. The van der Waals surface area contributed by atoms with E-state index in [0.717, 1.165) is 96.3 Å². The van der Waals surface area contributed by atoms with Crippen molar-refractivity contribution in [3.05, 3.63) is 72.9 Å². The monoisotopic (exact) mass is 935 g/mol. The second kappa shape index (κ2) is 55.4. The zero-order chi connectivity index (χ0) is 48.6. The first-order valence-electron chi connectivity index (χ1n) is 28.4. The maximum Gasteiger partial charge on any atom is 0.306 e. The van der Waals surface area contributed by atoms with Gasteiger partial charge in [-0.3, -0.25) is 14.4 Å². The molecule has 0 N–H and O–H groups in total. The summed E-state index contributed by atoms with van der Waals surface area (Å²) in [6.07, 6.45) is 70.3. The van der Waals surface area contributed by atoms with Gasteiger partial charge < -0.3 is 14.2 Å². The Balaban J connectivity index is 4.43. The SMILES string of the molecule is CC/C=C\C/C=C\C/C=C\C/C=C\C/C=C\CCCCCC(=O)OC[C@H](COC(=O)CCCCCCCCC/C=C\CCCCCC)OC(=O)CCCCCCCCCCCCCCCCC. The minimum Gasteiger partial charge on any atom is -0.462 e. The summed E-state index contributed by atoms with van der Waals surface area (Å²) in [4.78, 5) is 38.1. The van der Waals surface area contributed by atoms with E-state index in [4.69, 9.17) is 14.2 Å². The van der Waals surface area contributed by atoms with E-state index in [9.17, 15) is 14.4 Å². The van der Waals surface area contributed by atoms with Crippen LogP contribution in [0.2, 0.25) is 0 Å². The highest BCUT2D eigenvalue weighted by atomic mass is 16.6. The molecular formula is C61H106O6. The summed E-state index contributed by atoms with van der Waals surface area (Å²) in [7, 11) is 0. The Morgan fingerprint density at radius 1 is 0.313 bits per heavy atom. The molecule has 0 heterocycles. The van der Waals surface area contributed by atoms with Crippen LogP contribution in [0.15, 0.2) is 72.9 Å². The third-order valence-corrected chi connectivity index (χ3v) is 12.2. The molecule has 0 spiro atoms. The Bertz CT molecular complexity index is 1260. The van der Waals surface area contributed by atoms with Crippen molar-refractivity contribution in [1.82, 2.24) is 0 Å². The van der Waals surface area contributed by atoms with Gasteiger partial charge in [-0.2, -0.15) is 0 Å². The van der Waals surface area contributed by atoms with Crippen molar-refractivity contribution >= 4 is 17.9 Å². The fourth-order valence-corrected chi connectivity index (χ4v) is 7.93. The summed E-state index contributed by atoms with van der Waals surface area (Å²) in [5.41, 5.74) is 0. The number of hydrogen-bond acceptors (Lipinski definition) is 6. The largest absolute Gasteiger partial charge is 0.462 e. The predicted octanol–water partition coefficient (Wildman–Crippen LogP) is 19.0. The third kappa shape index (κ3) is 53.7. The van der Waals surface area contributed by atoms with Crippen LogP contribution in [0.3, 0.4) is 0 Å². The van der Waals surface area contributed by atoms with Crippen LogP contribution in [-0.2, 0) is 28.6 Å². The van der Waals surface area contributed by atoms with E-state index in [0.29, 0.717) is 19.3 Å². The van der Waals surface area contributed by atoms with Crippen molar-refractivity contribution < 1.29 is 28.6 Å². The number of carbonyl (C=O) groups excluding carboxylic acids is 3. The van der Waals surface area contributed by atoms with Gasteiger partial charge in [0.15, 0.2) is 6.10 Å². The summed E-state index contributed by atoms with van der Waals surface area (Å²) >= 11 is 0. The van der Waals surface area contributed by atoms with E-state index in [1.165, 1.54) is 141 Å². The van der Waals surface area contributed by atoms with E-state index < -0.39 is 6.10 Å². The van der Waals surface area contributed by atoms with Gasteiger partial charge in [0.25, 0.3) is 0 Å². The molecule has 0 bridgehead atoms. The number of rotatable bonds is 51. The minimum absolute atomic E-state index is 0.0862. The van der Waals surface area contributed by atoms with Gasteiger partial charge >= 0.3 is 17.9 Å². The average Bonchev–Trinajstić information content (AvgIpc) is 3.33. The van der Waals surface area contributed by atoms with E-state index >= 15 is 0 Å². The molecule has 1 atom stereocenters. The van der Waals surface area contributed by atoms with E-state index in [2.05, 4.69) is 93.7 Å². The normalized spacial score (nSPS) is 12.6. The van der Waals surface area contributed by atoms with Crippen molar-refractivity contribution in [2.75, 3.05) is 13.2 Å². The van der Waals surface area contributed by atoms with Gasteiger partial charge in [-0.1, -0.05) is 241 Å². The van der Waals surface area contributed by atoms with Crippen LogP contribution >= 0.6 is 0 Å². The van der Waals surface area contributed by atoms with Crippen molar-refractivity contribution in [3.8, 4) is 0 Å². The van der Waals surface area contributed by atoms with Crippen LogP contribution in [-0.4, -0.2) is 37.2 Å². The first kappa shape index (κ1) is 63.8. The third-order valence-electron chi connectivity index (χ3n) is 12.2. The summed E-state index contributed by atoms with van der Waals surface area (Å²) in [5.74, 6) is -0.914. The lowest BCUT2D eigenvalue weighted by Crippen LogP contribution is -2.30. The Kier molecular flexibility index (Phi) is 52.8. The lowest BCUT2D eigenvalue weighted by Gasteiger charge is -2.18. The van der Waals surface area contributed by atoms with Gasteiger partial charge in [-0.05, 0) is 89.9 Å². The number of hydrogen-bond donors (Lipinski definition) is 0. The average molecular weight is 936 g/mol. The first-order chi connectivity index (χ1) is 33.0. The van der Waals surface area contributed by atoms with Gasteiger partial charge in [0.05, 0.1) is 0 Å². The summed E-state index contributed by atoms with van der Waals surface area (Å²) in [6, 6.07) is 0. The van der Waals surface area contributed by atoms with Crippen LogP contribution < -0.4 is 0 Å². The molecule has 0 saturated carbocycles.